The Morgan fingerprint density at radius 1 is 1.60 bits per heavy atom. The lowest BCUT2D eigenvalue weighted by Crippen LogP contribution is -2.34. The number of anilines is 1. The van der Waals surface area contributed by atoms with Gasteiger partial charge in [0.2, 0.25) is 5.91 Å². The highest BCUT2D eigenvalue weighted by atomic mass is 35.5. The first-order chi connectivity index (χ1) is 7.04. The summed E-state index contributed by atoms with van der Waals surface area (Å²) in [5.74, 6) is -0.205. The van der Waals surface area contributed by atoms with E-state index in [1.165, 1.54) is 0 Å². The van der Waals surface area contributed by atoms with E-state index in [1.807, 2.05) is 19.9 Å². The molecule has 1 atom stereocenters. The number of amides is 1. The van der Waals surface area contributed by atoms with Gasteiger partial charge in [0.25, 0.3) is 0 Å². The topological polar surface area (TPSA) is 55.1 Å². The van der Waals surface area contributed by atoms with Gasteiger partial charge in [-0.1, -0.05) is 24.6 Å². The Morgan fingerprint density at radius 3 is 2.80 bits per heavy atom. The van der Waals surface area contributed by atoms with E-state index in [1.54, 1.807) is 12.1 Å². The van der Waals surface area contributed by atoms with Gasteiger partial charge < -0.3 is 11.1 Å². The molecule has 0 spiro atoms. The van der Waals surface area contributed by atoms with Gasteiger partial charge in [-0.25, -0.2) is 0 Å². The fourth-order valence-corrected chi connectivity index (χ4v) is 1.41. The van der Waals surface area contributed by atoms with Crippen LogP contribution in [0, 0.1) is 6.92 Å². The van der Waals surface area contributed by atoms with Crippen LogP contribution in [0.15, 0.2) is 18.2 Å². The summed E-state index contributed by atoms with van der Waals surface area (Å²) in [6.45, 7) is 3.80. The average Bonchev–Trinajstić information content (AvgIpc) is 2.20. The van der Waals surface area contributed by atoms with Crippen molar-refractivity contribution < 1.29 is 4.79 Å². The van der Waals surface area contributed by atoms with Gasteiger partial charge in [-0.2, -0.15) is 0 Å². The van der Waals surface area contributed by atoms with Crippen molar-refractivity contribution in [3.8, 4) is 0 Å². The van der Waals surface area contributed by atoms with Crippen molar-refractivity contribution in [1.29, 1.82) is 0 Å². The maximum absolute atomic E-state index is 11.5. The summed E-state index contributed by atoms with van der Waals surface area (Å²) in [6.07, 6.45) is 0.606. The Labute approximate surface area is 94.6 Å². The van der Waals surface area contributed by atoms with Crippen LogP contribution >= 0.6 is 11.6 Å². The first-order valence-electron chi connectivity index (χ1n) is 4.87. The van der Waals surface area contributed by atoms with Gasteiger partial charge in [0, 0.05) is 0 Å². The number of halogens is 1. The molecular weight excluding hydrogens is 212 g/mol. The van der Waals surface area contributed by atoms with Gasteiger partial charge in [0.1, 0.15) is 0 Å². The predicted octanol–water partition coefficient (Wildman–Crippen LogP) is 2.32. The Hall–Kier alpha value is -1.06. The van der Waals surface area contributed by atoms with Crippen molar-refractivity contribution in [1.82, 2.24) is 0 Å². The SMILES string of the molecule is CC[C@H](N)C(=O)Nc1ccc(C)cc1Cl. The molecule has 1 rings (SSSR count). The molecule has 1 aromatic rings. The molecule has 15 heavy (non-hydrogen) atoms. The summed E-state index contributed by atoms with van der Waals surface area (Å²) in [6, 6.07) is 4.98. The molecule has 0 aliphatic rings. The van der Waals surface area contributed by atoms with Crippen molar-refractivity contribution in [2.24, 2.45) is 5.73 Å². The first kappa shape index (κ1) is 12.0. The normalized spacial score (nSPS) is 12.3. The summed E-state index contributed by atoms with van der Waals surface area (Å²) in [7, 11) is 0. The summed E-state index contributed by atoms with van der Waals surface area (Å²) < 4.78 is 0. The molecule has 0 radical (unpaired) electrons. The molecule has 1 aromatic carbocycles. The van der Waals surface area contributed by atoms with E-state index in [-0.39, 0.29) is 5.91 Å². The quantitative estimate of drug-likeness (QED) is 0.831. The van der Waals surface area contributed by atoms with Gasteiger partial charge in [-0.3, -0.25) is 4.79 Å². The van der Waals surface area contributed by atoms with Crippen LogP contribution in [0.25, 0.3) is 0 Å². The van der Waals surface area contributed by atoms with Crippen molar-refractivity contribution in [2.75, 3.05) is 5.32 Å². The minimum absolute atomic E-state index is 0.205. The highest BCUT2D eigenvalue weighted by Crippen LogP contribution is 2.22. The number of nitrogens with one attached hydrogen (secondary N) is 1. The van der Waals surface area contributed by atoms with Crippen molar-refractivity contribution >= 4 is 23.2 Å². The van der Waals surface area contributed by atoms with E-state index in [0.29, 0.717) is 17.1 Å². The third-order valence-electron chi connectivity index (χ3n) is 2.16. The van der Waals surface area contributed by atoms with Crippen molar-refractivity contribution in [2.45, 2.75) is 26.3 Å². The number of rotatable bonds is 3. The number of hydrogen-bond donors (Lipinski definition) is 2. The van der Waals surface area contributed by atoms with Crippen LogP contribution in [0.5, 0.6) is 0 Å². The van der Waals surface area contributed by atoms with E-state index in [0.717, 1.165) is 5.56 Å². The average molecular weight is 227 g/mol. The molecule has 82 valence electrons. The van der Waals surface area contributed by atoms with Crippen LogP contribution in [0.1, 0.15) is 18.9 Å². The predicted molar refractivity (Wildman–Crippen MR) is 63.1 cm³/mol. The molecule has 0 aromatic heterocycles. The standard InChI is InChI=1S/C11H15ClN2O/c1-3-9(13)11(15)14-10-5-4-7(2)6-8(10)12/h4-6,9H,3,13H2,1-2H3,(H,14,15)/t9-/m0/s1. The number of hydrogen-bond acceptors (Lipinski definition) is 2. The van der Waals surface area contributed by atoms with Gasteiger partial charge in [0.15, 0.2) is 0 Å². The fraction of sp³-hybridized carbons (Fsp3) is 0.364. The van der Waals surface area contributed by atoms with Crippen LogP contribution in [-0.2, 0) is 4.79 Å². The summed E-state index contributed by atoms with van der Waals surface area (Å²) in [4.78, 5) is 11.5. The Balaban J connectivity index is 2.77. The highest BCUT2D eigenvalue weighted by Gasteiger charge is 2.12. The molecule has 0 heterocycles. The van der Waals surface area contributed by atoms with E-state index >= 15 is 0 Å². The molecule has 0 bridgehead atoms. The van der Waals surface area contributed by atoms with E-state index in [2.05, 4.69) is 5.32 Å². The Bertz CT molecular complexity index is 366. The third kappa shape index (κ3) is 3.22. The number of carbonyl (C=O) groups is 1. The lowest BCUT2D eigenvalue weighted by atomic mass is 10.2. The van der Waals surface area contributed by atoms with Crippen LogP contribution < -0.4 is 11.1 Å². The number of carbonyl (C=O) groups excluding carboxylic acids is 1. The molecule has 0 aliphatic heterocycles. The molecule has 0 fully saturated rings. The van der Waals surface area contributed by atoms with Crippen molar-refractivity contribution in [3.05, 3.63) is 28.8 Å². The zero-order valence-electron chi connectivity index (χ0n) is 8.88. The van der Waals surface area contributed by atoms with E-state index in [4.69, 9.17) is 17.3 Å². The monoisotopic (exact) mass is 226 g/mol. The molecule has 3 nitrogen and oxygen atoms in total. The zero-order valence-corrected chi connectivity index (χ0v) is 9.64. The Morgan fingerprint density at radius 2 is 2.27 bits per heavy atom. The van der Waals surface area contributed by atoms with Gasteiger partial charge in [-0.15, -0.1) is 0 Å². The second-order valence-corrected chi connectivity index (χ2v) is 3.89. The number of nitrogens with two attached hydrogens (primary N) is 1. The van der Waals surface area contributed by atoms with Crippen LogP contribution in [0.3, 0.4) is 0 Å². The zero-order chi connectivity index (χ0) is 11.4. The lowest BCUT2D eigenvalue weighted by molar-refractivity contribution is -0.117. The summed E-state index contributed by atoms with van der Waals surface area (Å²) >= 11 is 5.97. The number of aryl methyl sites for hydroxylation is 1. The molecule has 0 saturated carbocycles. The van der Waals surface area contributed by atoms with Crippen LogP contribution in [0.4, 0.5) is 5.69 Å². The van der Waals surface area contributed by atoms with Crippen molar-refractivity contribution in [3.63, 3.8) is 0 Å². The molecule has 1 amide bonds. The van der Waals surface area contributed by atoms with Gasteiger partial charge >= 0.3 is 0 Å². The van der Waals surface area contributed by atoms with Gasteiger partial charge in [-0.05, 0) is 31.0 Å². The molecule has 0 saturated heterocycles. The largest absolute Gasteiger partial charge is 0.323 e. The second kappa shape index (κ2) is 5.14. The van der Waals surface area contributed by atoms with E-state index in [9.17, 15) is 4.79 Å². The molecule has 4 heteroatoms. The Kier molecular flexibility index (Phi) is 4.12. The third-order valence-corrected chi connectivity index (χ3v) is 2.47. The molecular formula is C11H15ClN2O. The summed E-state index contributed by atoms with van der Waals surface area (Å²) in [5.41, 5.74) is 7.25. The first-order valence-corrected chi connectivity index (χ1v) is 5.25. The maximum atomic E-state index is 11.5. The maximum Gasteiger partial charge on any atom is 0.241 e. The van der Waals surface area contributed by atoms with Crippen LogP contribution in [0.2, 0.25) is 5.02 Å². The lowest BCUT2D eigenvalue weighted by Gasteiger charge is -2.11. The second-order valence-electron chi connectivity index (χ2n) is 3.49. The smallest absolute Gasteiger partial charge is 0.241 e. The van der Waals surface area contributed by atoms with Crippen LogP contribution in [-0.4, -0.2) is 11.9 Å². The van der Waals surface area contributed by atoms with E-state index < -0.39 is 6.04 Å². The minimum Gasteiger partial charge on any atom is -0.323 e. The molecule has 0 unspecified atom stereocenters. The molecule has 0 aliphatic carbocycles. The minimum atomic E-state index is -0.484. The van der Waals surface area contributed by atoms with Gasteiger partial charge in [0.05, 0.1) is 16.8 Å². The number of benzene rings is 1. The fourth-order valence-electron chi connectivity index (χ4n) is 1.13. The summed E-state index contributed by atoms with van der Waals surface area (Å²) in [5, 5.41) is 3.23. The molecule has 3 N–H and O–H groups in total. The highest BCUT2D eigenvalue weighted by molar-refractivity contribution is 6.33.